The first-order chi connectivity index (χ1) is 15.5. The number of aromatic nitrogens is 1. The molecule has 2 heterocycles. The second-order valence-electron chi connectivity index (χ2n) is 7.44. The second-order valence-corrected chi connectivity index (χ2v) is 10.3. The number of hydrogen-bond donors (Lipinski definition) is 0. The van der Waals surface area contributed by atoms with Gasteiger partial charge in [-0.3, -0.25) is 0 Å². The summed E-state index contributed by atoms with van der Waals surface area (Å²) < 4.78 is 34.8. The lowest BCUT2D eigenvalue weighted by Gasteiger charge is -2.14. The molecule has 0 unspecified atom stereocenters. The van der Waals surface area contributed by atoms with Gasteiger partial charge in [0.05, 0.1) is 23.2 Å². The van der Waals surface area contributed by atoms with Crippen molar-refractivity contribution in [1.82, 2.24) is 3.97 Å². The van der Waals surface area contributed by atoms with Crippen LogP contribution >= 0.6 is 11.3 Å². The van der Waals surface area contributed by atoms with Crippen molar-refractivity contribution in [2.45, 2.75) is 11.8 Å². The first-order valence-corrected chi connectivity index (χ1v) is 12.5. The van der Waals surface area contributed by atoms with Gasteiger partial charge in [0.25, 0.3) is 10.0 Å². The van der Waals surface area contributed by atoms with Crippen LogP contribution in [0, 0.1) is 6.92 Å². The summed E-state index contributed by atoms with van der Waals surface area (Å²) in [6.45, 7) is 2.07. The predicted molar refractivity (Wildman–Crippen MR) is 131 cm³/mol. The highest BCUT2D eigenvalue weighted by Gasteiger charge is 2.29. The van der Waals surface area contributed by atoms with E-state index < -0.39 is 10.0 Å². The van der Waals surface area contributed by atoms with Crippen LogP contribution in [-0.4, -0.2) is 19.5 Å². The van der Waals surface area contributed by atoms with E-state index in [4.69, 9.17) is 4.74 Å². The van der Waals surface area contributed by atoms with E-state index in [9.17, 15) is 8.42 Å². The fourth-order valence-corrected chi connectivity index (χ4v) is 6.34. The summed E-state index contributed by atoms with van der Waals surface area (Å²) in [4.78, 5) is 1.36. The Kier molecular flexibility index (Phi) is 5.12. The molecule has 0 saturated carbocycles. The number of methoxy groups -OCH3 is 1. The lowest BCUT2D eigenvalue weighted by molar-refractivity contribution is 0.414. The van der Waals surface area contributed by atoms with Gasteiger partial charge in [0.1, 0.15) is 5.75 Å². The maximum atomic E-state index is 14.0. The topological polar surface area (TPSA) is 48.3 Å². The van der Waals surface area contributed by atoms with Gasteiger partial charge in [-0.25, -0.2) is 12.4 Å². The van der Waals surface area contributed by atoms with E-state index in [0.29, 0.717) is 17.0 Å². The van der Waals surface area contributed by atoms with Crippen molar-refractivity contribution < 1.29 is 13.2 Å². The SMILES string of the molecule is COc1ccc(S(=O)(=O)n2c(-c3ccccc3)c(-c3ccsc3C)c3ccccc32)cc1. The van der Waals surface area contributed by atoms with Crippen LogP contribution in [-0.2, 0) is 10.0 Å². The third-order valence-corrected chi connectivity index (χ3v) is 8.18. The van der Waals surface area contributed by atoms with Crippen molar-refractivity contribution in [2.24, 2.45) is 0 Å². The van der Waals surface area contributed by atoms with E-state index in [2.05, 4.69) is 13.0 Å². The molecule has 6 heteroatoms. The molecule has 0 amide bonds. The van der Waals surface area contributed by atoms with Crippen LogP contribution < -0.4 is 4.74 Å². The van der Waals surface area contributed by atoms with Gasteiger partial charge in [-0.05, 0) is 59.8 Å². The monoisotopic (exact) mass is 459 g/mol. The van der Waals surface area contributed by atoms with Crippen molar-refractivity contribution in [3.8, 4) is 28.1 Å². The van der Waals surface area contributed by atoms with Gasteiger partial charge >= 0.3 is 0 Å². The lowest BCUT2D eigenvalue weighted by Crippen LogP contribution is -2.14. The van der Waals surface area contributed by atoms with Crippen LogP contribution in [0.1, 0.15) is 4.88 Å². The molecule has 0 atom stereocenters. The Hall–Kier alpha value is -3.35. The highest BCUT2D eigenvalue weighted by molar-refractivity contribution is 7.90. The fourth-order valence-electron chi connectivity index (χ4n) is 4.09. The van der Waals surface area contributed by atoms with Crippen LogP contribution in [0.5, 0.6) is 5.75 Å². The van der Waals surface area contributed by atoms with Crippen molar-refractivity contribution in [1.29, 1.82) is 0 Å². The number of ether oxygens (including phenoxy) is 1. The molecule has 5 aromatic rings. The molecule has 0 fully saturated rings. The van der Waals surface area contributed by atoms with E-state index in [1.54, 1.807) is 42.7 Å². The van der Waals surface area contributed by atoms with Gasteiger partial charge < -0.3 is 4.74 Å². The molecule has 0 aliphatic heterocycles. The first-order valence-electron chi connectivity index (χ1n) is 10.2. The minimum atomic E-state index is -3.89. The second kappa shape index (κ2) is 7.97. The Morgan fingerprint density at radius 1 is 0.844 bits per heavy atom. The highest BCUT2D eigenvalue weighted by Crippen LogP contribution is 2.44. The molecular formula is C26H21NO3S2. The quantitative estimate of drug-likeness (QED) is 0.298. The number of benzene rings is 3. The molecule has 0 saturated heterocycles. The van der Waals surface area contributed by atoms with Crippen molar-refractivity contribution in [2.75, 3.05) is 7.11 Å². The van der Waals surface area contributed by atoms with E-state index in [0.717, 1.165) is 27.0 Å². The molecule has 0 spiro atoms. The third kappa shape index (κ3) is 3.23. The minimum absolute atomic E-state index is 0.213. The Labute approximate surface area is 191 Å². The van der Waals surface area contributed by atoms with E-state index in [-0.39, 0.29) is 4.90 Å². The summed E-state index contributed by atoms with van der Waals surface area (Å²) in [5.41, 5.74) is 4.16. The Morgan fingerprint density at radius 3 is 2.19 bits per heavy atom. The Morgan fingerprint density at radius 2 is 1.53 bits per heavy atom. The number of thiophene rings is 1. The van der Waals surface area contributed by atoms with Crippen LogP contribution in [0.2, 0.25) is 0 Å². The van der Waals surface area contributed by atoms with Gasteiger partial charge in [-0.15, -0.1) is 11.3 Å². The molecular weight excluding hydrogens is 438 g/mol. The van der Waals surface area contributed by atoms with Crippen molar-refractivity contribution in [3.63, 3.8) is 0 Å². The summed E-state index contributed by atoms with van der Waals surface area (Å²) in [6, 6.07) is 26.0. The van der Waals surface area contributed by atoms with Crippen molar-refractivity contribution >= 4 is 32.3 Å². The molecule has 0 bridgehead atoms. The molecule has 5 rings (SSSR count). The van der Waals surface area contributed by atoms with E-state index in [1.807, 2.05) is 60.0 Å². The zero-order valence-corrected chi connectivity index (χ0v) is 19.3. The number of para-hydroxylation sites is 1. The first kappa shape index (κ1) is 20.5. The standard InChI is InChI=1S/C26H21NO3S2/c1-18-22(16-17-31-18)25-23-10-6-7-11-24(23)27(26(25)19-8-4-3-5-9-19)32(28,29)21-14-12-20(30-2)13-15-21/h3-17H,1-2H3. The number of rotatable bonds is 5. The third-order valence-electron chi connectivity index (χ3n) is 5.61. The highest BCUT2D eigenvalue weighted by atomic mass is 32.2. The van der Waals surface area contributed by atoms with Gasteiger partial charge in [-0.1, -0.05) is 48.5 Å². The van der Waals surface area contributed by atoms with Gasteiger partial charge in [0, 0.05) is 15.8 Å². The number of fused-ring (bicyclic) bond motifs is 1. The van der Waals surface area contributed by atoms with Crippen molar-refractivity contribution in [3.05, 3.63) is 95.2 Å². The van der Waals surface area contributed by atoms with Crippen LogP contribution in [0.3, 0.4) is 0 Å². The van der Waals surface area contributed by atoms with Gasteiger partial charge in [0.2, 0.25) is 0 Å². The van der Waals surface area contributed by atoms with E-state index >= 15 is 0 Å². The zero-order valence-electron chi connectivity index (χ0n) is 17.6. The molecule has 0 aliphatic rings. The summed E-state index contributed by atoms with van der Waals surface area (Å²) in [6.07, 6.45) is 0. The Bertz CT molecular complexity index is 1510. The number of hydrogen-bond acceptors (Lipinski definition) is 4. The molecule has 3 aromatic carbocycles. The maximum absolute atomic E-state index is 14.0. The van der Waals surface area contributed by atoms with Crippen LogP contribution in [0.15, 0.2) is 95.2 Å². The summed E-state index contributed by atoms with van der Waals surface area (Å²) >= 11 is 1.66. The summed E-state index contributed by atoms with van der Waals surface area (Å²) in [5.74, 6) is 0.610. The maximum Gasteiger partial charge on any atom is 0.268 e. The summed E-state index contributed by atoms with van der Waals surface area (Å²) in [5, 5.41) is 2.95. The largest absolute Gasteiger partial charge is 0.497 e. The molecule has 4 nitrogen and oxygen atoms in total. The van der Waals surface area contributed by atoms with Crippen LogP contribution in [0.4, 0.5) is 0 Å². The zero-order chi connectivity index (χ0) is 22.3. The molecule has 0 radical (unpaired) electrons. The average molecular weight is 460 g/mol. The van der Waals surface area contributed by atoms with Gasteiger partial charge in [-0.2, -0.15) is 0 Å². The van der Waals surface area contributed by atoms with Crippen LogP contribution in [0.25, 0.3) is 33.3 Å². The molecule has 2 aromatic heterocycles. The Balaban J connectivity index is 1.92. The molecule has 32 heavy (non-hydrogen) atoms. The lowest BCUT2D eigenvalue weighted by atomic mass is 9.99. The fraction of sp³-hybridized carbons (Fsp3) is 0.0769. The predicted octanol–water partition coefficient (Wildman–Crippen LogP) is 6.59. The minimum Gasteiger partial charge on any atom is -0.497 e. The molecule has 0 aliphatic carbocycles. The van der Waals surface area contributed by atoms with E-state index in [1.165, 1.54) is 3.97 Å². The molecule has 160 valence electrons. The molecule has 0 N–H and O–H groups in total. The smallest absolute Gasteiger partial charge is 0.268 e. The normalized spacial score (nSPS) is 11.7. The average Bonchev–Trinajstić information content (AvgIpc) is 3.40. The summed E-state index contributed by atoms with van der Waals surface area (Å²) in [7, 11) is -2.33. The number of aryl methyl sites for hydroxylation is 1. The number of nitrogens with zero attached hydrogens (tertiary/aromatic N) is 1. The van der Waals surface area contributed by atoms with Gasteiger partial charge in [0.15, 0.2) is 0 Å².